The van der Waals surface area contributed by atoms with E-state index in [0.717, 1.165) is 31.5 Å². The van der Waals surface area contributed by atoms with Crippen LogP contribution in [0.25, 0.3) is 0 Å². The molecule has 2 rings (SSSR count). The Morgan fingerprint density at radius 3 is 2.75 bits per heavy atom. The van der Waals surface area contributed by atoms with Crippen LogP contribution < -0.4 is 10.6 Å². The minimum Gasteiger partial charge on any atom is -0.369 e. The van der Waals surface area contributed by atoms with Crippen LogP contribution in [0.3, 0.4) is 0 Å². The first-order chi connectivity index (χ1) is 9.70. The van der Waals surface area contributed by atoms with Crippen molar-refractivity contribution < 1.29 is 4.39 Å². The van der Waals surface area contributed by atoms with E-state index in [-0.39, 0.29) is 5.82 Å². The summed E-state index contributed by atoms with van der Waals surface area (Å²) < 4.78 is 15.7. The van der Waals surface area contributed by atoms with Gasteiger partial charge in [0.1, 0.15) is 5.82 Å². The predicted molar refractivity (Wildman–Crippen MR) is 79.2 cm³/mol. The van der Waals surface area contributed by atoms with E-state index >= 15 is 0 Å². The number of halogens is 1. The zero-order valence-corrected chi connectivity index (χ0v) is 11.8. The van der Waals surface area contributed by atoms with Crippen LogP contribution >= 0.6 is 0 Å². The van der Waals surface area contributed by atoms with Gasteiger partial charge in [-0.15, -0.1) is 0 Å². The van der Waals surface area contributed by atoms with Gasteiger partial charge in [0.25, 0.3) is 0 Å². The number of nitrogens with two attached hydrogens (primary N) is 1. The molecule has 5 heteroatoms. The summed E-state index contributed by atoms with van der Waals surface area (Å²) in [6.45, 7) is 2.13. The number of aromatic nitrogens is 2. The second-order valence-corrected chi connectivity index (χ2v) is 4.85. The Bertz CT molecular complexity index is 538. The zero-order chi connectivity index (χ0) is 14.4. The normalized spacial score (nSPS) is 10.8. The minimum atomic E-state index is -0.185. The zero-order valence-electron chi connectivity index (χ0n) is 11.8. The summed E-state index contributed by atoms with van der Waals surface area (Å²) in [6, 6.07) is 6.88. The van der Waals surface area contributed by atoms with Crippen LogP contribution in [0.1, 0.15) is 12.0 Å². The predicted octanol–water partition coefficient (Wildman–Crippen LogP) is 1.96. The molecule has 0 amide bonds. The molecule has 2 aromatic rings. The van der Waals surface area contributed by atoms with E-state index in [1.165, 1.54) is 6.07 Å². The summed E-state index contributed by atoms with van der Waals surface area (Å²) in [4.78, 5) is 2.05. The molecule has 2 N–H and O–H groups in total. The average molecular weight is 276 g/mol. The highest BCUT2D eigenvalue weighted by Crippen LogP contribution is 2.19. The van der Waals surface area contributed by atoms with Gasteiger partial charge in [-0.25, -0.2) is 4.39 Å². The van der Waals surface area contributed by atoms with Crippen molar-refractivity contribution in [3.8, 4) is 0 Å². The first-order valence-corrected chi connectivity index (χ1v) is 6.88. The molecule has 0 saturated heterocycles. The van der Waals surface area contributed by atoms with Crippen LogP contribution in [0.15, 0.2) is 36.7 Å². The van der Waals surface area contributed by atoms with E-state index in [1.54, 1.807) is 10.7 Å². The number of aryl methyl sites for hydroxylation is 1. The van der Waals surface area contributed by atoms with E-state index in [2.05, 4.69) is 10.00 Å². The third kappa shape index (κ3) is 3.81. The van der Waals surface area contributed by atoms with Crippen molar-refractivity contribution in [1.82, 2.24) is 9.78 Å². The molecule has 1 aromatic carbocycles. The highest BCUT2D eigenvalue weighted by Gasteiger charge is 2.11. The van der Waals surface area contributed by atoms with Gasteiger partial charge in [-0.2, -0.15) is 5.10 Å². The SMILES string of the molecule is Cn1cc(CCN(CCCN)c2ccccc2F)cn1. The van der Waals surface area contributed by atoms with Crippen molar-refractivity contribution >= 4 is 5.69 Å². The van der Waals surface area contributed by atoms with Gasteiger partial charge >= 0.3 is 0 Å². The highest BCUT2D eigenvalue weighted by molar-refractivity contribution is 5.47. The number of benzene rings is 1. The van der Waals surface area contributed by atoms with Crippen molar-refractivity contribution in [2.75, 3.05) is 24.5 Å². The maximum Gasteiger partial charge on any atom is 0.146 e. The van der Waals surface area contributed by atoms with Crippen LogP contribution in [0.4, 0.5) is 10.1 Å². The number of hydrogen-bond acceptors (Lipinski definition) is 3. The standard InChI is InChI=1S/C15H21FN4/c1-19-12-13(11-18-19)7-10-20(9-4-8-17)15-6-3-2-5-14(15)16/h2-3,5-6,11-12H,4,7-10,17H2,1H3. The second kappa shape index (κ2) is 7.05. The van der Waals surface area contributed by atoms with Gasteiger partial charge in [0.05, 0.1) is 11.9 Å². The average Bonchev–Trinajstić information content (AvgIpc) is 2.86. The van der Waals surface area contributed by atoms with Crippen molar-refractivity contribution in [3.63, 3.8) is 0 Å². The summed E-state index contributed by atoms with van der Waals surface area (Å²) in [5.41, 5.74) is 7.37. The van der Waals surface area contributed by atoms with Gasteiger partial charge in [-0.1, -0.05) is 12.1 Å². The molecule has 0 radical (unpaired) electrons. The molecular formula is C15H21FN4. The summed E-state index contributed by atoms with van der Waals surface area (Å²) in [5.74, 6) is -0.185. The smallest absolute Gasteiger partial charge is 0.146 e. The second-order valence-electron chi connectivity index (χ2n) is 4.85. The van der Waals surface area contributed by atoms with Crippen molar-refractivity contribution in [1.29, 1.82) is 0 Å². The van der Waals surface area contributed by atoms with Crippen LogP contribution in [0.2, 0.25) is 0 Å². The van der Waals surface area contributed by atoms with E-state index in [0.29, 0.717) is 12.2 Å². The fraction of sp³-hybridized carbons (Fsp3) is 0.400. The molecule has 0 atom stereocenters. The first-order valence-electron chi connectivity index (χ1n) is 6.88. The Morgan fingerprint density at radius 2 is 2.10 bits per heavy atom. The van der Waals surface area contributed by atoms with Gasteiger partial charge < -0.3 is 10.6 Å². The lowest BCUT2D eigenvalue weighted by Crippen LogP contribution is -2.29. The largest absolute Gasteiger partial charge is 0.369 e. The molecule has 0 fully saturated rings. The molecule has 1 heterocycles. The lowest BCUT2D eigenvalue weighted by molar-refractivity contribution is 0.612. The molecule has 0 saturated carbocycles. The van der Waals surface area contributed by atoms with Crippen molar-refractivity contribution in [2.24, 2.45) is 12.8 Å². The quantitative estimate of drug-likeness (QED) is 0.841. The van der Waals surface area contributed by atoms with Crippen molar-refractivity contribution in [3.05, 3.63) is 48.0 Å². The number of rotatable bonds is 7. The number of nitrogens with zero attached hydrogens (tertiary/aromatic N) is 3. The summed E-state index contributed by atoms with van der Waals surface area (Å²) >= 11 is 0. The Labute approximate surface area is 119 Å². The molecule has 0 aliphatic carbocycles. The third-order valence-electron chi connectivity index (χ3n) is 3.25. The molecule has 108 valence electrons. The number of hydrogen-bond donors (Lipinski definition) is 1. The Morgan fingerprint density at radius 1 is 1.30 bits per heavy atom. The van der Waals surface area contributed by atoms with E-state index in [4.69, 9.17) is 5.73 Å². The highest BCUT2D eigenvalue weighted by atomic mass is 19.1. The molecule has 0 aliphatic rings. The molecule has 0 bridgehead atoms. The number of para-hydroxylation sites is 1. The van der Waals surface area contributed by atoms with Crippen LogP contribution in [0, 0.1) is 5.82 Å². The molecule has 0 spiro atoms. The van der Waals surface area contributed by atoms with Gasteiger partial charge in [-0.05, 0) is 37.1 Å². The lowest BCUT2D eigenvalue weighted by Gasteiger charge is -2.25. The van der Waals surface area contributed by atoms with Gasteiger partial charge in [0.15, 0.2) is 0 Å². The van der Waals surface area contributed by atoms with E-state index < -0.39 is 0 Å². The van der Waals surface area contributed by atoms with E-state index in [9.17, 15) is 4.39 Å². The molecule has 0 aliphatic heterocycles. The van der Waals surface area contributed by atoms with Gasteiger partial charge in [0, 0.05) is 26.3 Å². The topological polar surface area (TPSA) is 47.1 Å². The molecule has 1 aromatic heterocycles. The monoisotopic (exact) mass is 276 g/mol. The summed E-state index contributed by atoms with van der Waals surface area (Å²) in [6.07, 6.45) is 5.53. The first kappa shape index (κ1) is 14.5. The fourth-order valence-electron chi connectivity index (χ4n) is 2.21. The van der Waals surface area contributed by atoms with Crippen LogP contribution in [-0.4, -0.2) is 29.4 Å². The lowest BCUT2D eigenvalue weighted by atomic mass is 10.2. The van der Waals surface area contributed by atoms with Gasteiger partial charge in [-0.3, -0.25) is 4.68 Å². The fourth-order valence-corrected chi connectivity index (χ4v) is 2.21. The minimum absolute atomic E-state index is 0.185. The summed E-state index contributed by atoms with van der Waals surface area (Å²) in [7, 11) is 1.90. The maximum absolute atomic E-state index is 13.9. The van der Waals surface area contributed by atoms with Crippen LogP contribution in [-0.2, 0) is 13.5 Å². The Hall–Kier alpha value is -1.88. The number of anilines is 1. The van der Waals surface area contributed by atoms with Crippen LogP contribution in [0.5, 0.6) is 0 Å². The van der Waals surface area contributed by atoms with Crippen molar-refractivity contribution in [2.45, 2.75) is 12.8 Å². The Balaban J connectivity index is 2.05. The molecular weight excluding hydrogens is 255 g/mol. The third-order valence-corrected chi connectivity index (χ3v) is 3.25. The molecule has 0 unspecified atom stereocenters. The summed E-state index contributed by atoms with van der Waals surface area (Å²) in [5, 5.41) is 4.15. The maximum atomic E-state index is 13.9. The Kier molecular flexibility index (Phi) is 5.12. The van der Waals surface area contributed by atoms with E-state index in [1.807, 2.05) is 31.6 Å². The molecule has 4 nitrogen and oxygen atoms in total. The van der Waals surface area contributed by atoms with Gasteiger partial charge in [0.2, 0.25) is 0 Å². The molecule has 20 heavy (non-hydrogen) atoms.